The lowest BCUT2D eigenvalue weighted by molar-refractivity contribution is 0.0869. The van der Waals surface area contributed by atoms with Gasteiger partial charge >= 0.3 is 0 Å². The van der Waals surface area contributed by atoms with Crippen LogP contribution in [0.25, 0.3) is 0 Å². The number of rotatable bonds is 8. The normalized spacial score (nSPS) is 20.4. The fourth-order valence-electron chi connectivity index (χ4n) is 4.04. The first kappa shape index (κ1) is 20.7. The molecule has 7 nitrogen and oxygen atoms in total. The van der Waals surface area contributed by atoms with E-state index < -0.39 is 15.9 Å². The Morgan fingerprint density at radius 3 is 2.47 bits per heavy atom. The van der Waals surface area contributed by atoms with Crippen molar-refractivity contribution >= 4 is 15.9 Å². The van der Waals surface area contributed by atoms with Gasteiger partial charge in [-0.15, -0.1) is 0 Å². The predicted octanol–water partition coefficient (Wildman–Crippen LogP) is 2.77. The van der Waals surface area contributed by atoms with Gasteiger partial charge in [0.2, 0.25) is 0 Å². The molecule has 0 aromatic heterocycles. The molecule has 1 unspecified atom stereocenters. The number of nitrogens with zero attached hydrogens (tertiary/aromatic N) is 2. The molecule has 1 saturated heterocycles. The molecular weight excluding hydrogens is 404 g/mol. The number of fused-ring (bicyclic) bond motifs is 1. The van der Waals surface area contributed by atoms with Crippen LogP contribution in [0.5, 0.6) is 11.5 Å². The van der Waals surface area contributed by atoms with Gasteiger partial charge in [-0.3, -0.25) is 9.69 Å². The van der Waals surface area contributed by atoms with E-state index in [9.17, 15) is 13.2 Å². The summed E-state index contributed by atoms with van der Waals surface area (Å²) in [4.78, 5) is 14.9. The van der Waals surface area contributed by atoms with Gasteiger partial charge < -0.3 is 9.47 Å². The van der Waals surface area contributed by atoms with Crippen LogP contribution in [0.2, 0.25) is 0 Å². The molecule has 1 amide bonds. The van der Waals surface area contributed by atoms with Crippen LogP contribution in [0.4, 0.5) is 0 Å². The average molecular weight is 431 g/mol. The van der Waals surface area contributed by atoms with Gasteiger partial charge in [-0.2, -0.15) is 0 Å². The molecule has 2 heterocycles. The second kappa shape index (κ2) is 8.65. The van der Waals surface area contributed by atoms with Crippen molar-refractivity contribution in [3.05, 3.63) is 54.1 Å². The Labute approximate surface area is 177 Å². The molecule has 2 aliphatic heterocycles. The number of hydrogen-bond donors (Lipinski definition) is 0. The number of para-hydroxylation sites is 2. The molecule has 1 fully saturated rings. The van der Waals surface area contributed by atoms with Crippen LogP contribution in [-0.2, 0) is 10.0 Å². The Balaban J connectivity index is 1.24. The standard InChI is InChI=1S/C22H26N2O5S/c1-28-19-9-3-4-10-20(19)29-17-12-15-23(16-17)13-6-7-14-24-22(25)18-8-2-5-11-21(18)30(24,26)27/h2-5,8-11,17H,6-7,12-16H2,1H3. The summed E-state index contributed by atoms with van der Waals surface area (Å²) in [5.74, 6) is 1.06. The number of sulfonamides is 1. The number of ether oxygens (including phenoxy) is 2. The maximum absolute atomic E-state index is 12.6. The zero-order valence-electron chi connectivity index (χ0n) is 17.0. The lowest BCUT2D eigenvalue weighted by Crippen LogP contribution is -2.32. The number of carbonyl (C=O) groups excluding carboxylic acids is 1. The molecule has 2 aromatic rings. The number of likely N-dealkylation sites (tertiary alicyclic amines) is 1. The van der Waals surface area contributed by atoms with Crippen LogP contribution < -0.4 is 9.47 Å². The predicted molar refractivity (Wildman–Crippen MR) is 112 cm³/mol. The van der Waals surface area contributed by atoms with Gasteiger partial charge in [0.25, 0.3) is 15.9 Å². The minimum atomic E-state index is -3.71. The summed E-state index contributed by atoms with van der Waals surface area (Å²) in [6, 6.07) is 14.0. The van der Waals surface area contributed by atoms with E-state index in [4.69, 9.17) is 9.47 Å². The van der Waals surface area contributed by atoms with Crippen molar-refractivity contribution in [2.24, 2.45) is 0 Å². The number of benzene rings is 2. The van der Waals surface area contributed by atoms with Gasteiger partial charge in [0.05, 0.1) is 12.7 Å². The van der Waals surface area contributed by atoms with Gasteiger partial charge in [-0.25, -0.2) is 12.7 Å². The highest BCUT2D eigenvalue weighted by Gasteiger charge is 2.40. The van der Waals surface area contributed by atoms with Crippen molar-refractivity contribution in [3.63, 3.8) is 0 Å². The maximum atomic E-state index is 12.6. The minimum Gasteiger partial charge on any atom is -0.493 e. The molecule has 0 N–H and O–H groups in total. The first-order valence-corrected chi connectivity index (χ1v) is 11.6. The van der Waals surface area contributed by atoms with Crippen molar-refractivity contribution in [1.82, 2.24) is 9.21 Å². The molecule has 0 aliphatic carbocycles. The molecule has 0 saturated carbocycles. The van der Waals surface area contributed by atoms with Crippen LogP contribution in [0.15, 0.2) is 53.4 Å². The lowest BCUT2D eigenvalue weighted by Gasteiger charge is -2.19. The lowest BCUT2D eigenvalue weighted by atomic mass is 10.2. The van der Waals surface area contributed by atoms with Crippen molar-refractivity contribution in [2.45, 2.75) is 30.3 Å². The van der Waals surface area contributed by atoms with E-state index in [1.165, 1.54) is 6.07 Å². The molecule has 0 spiro atoms. The summed E-state index contributed by atoms with van der Waals surface area (Å²) in [6.45, 7) is 2.82. The van der Waals surface area contributed by atoms with Gasteiger partial charge in [0, 0.05) is 19.6 Å². The van der Waals surface area contributed by atoms with Gasteiger partial charge in [-0.05, 0) is 50.1 Å². The molecule has 8 heteroatoms. The minimum absolute atomic E-state index is 0.108. The summed E-state index contributed by atoms with van der Waals surface area (Å²) in [6.07, 6.45) is 2.49. The van der Waals surface area contributed by atoms with Crippen LogP contribution >= 0.6 is 0 Å². The summed E-state index contributed by atoms with van der Waals surface area (Å²) in [5.41, 5.74) is 0.272. The molecule has 0 radical (unpaired) electrons. The van der Waals surface area contributed by atoms with Crippen LogP contribution in [-0.4, -0.2) is 62.9 Å². The first-order valence-electron chi connectivity index (χ1n) is 10.2. The maximum Gasteiger partial charge on any atom is 0.269 e. The molecule has 2 aliphatic rings. The fourth-order valence-corrected chi connectivity index (χ4v) is 5.64. The number of hydrogen-bond acceptors (Lipinski definition) is 6. The summed E-state index contributed by atoms with van der Waals surface area (Å²) in [5, 5.41) is 0. The zero-order valence-corrected chi connectivity index (χ0v) is 17.8. The van der Waals surface area contributed by atoms with Crippen molar-refractivity contribution in [3.8, 4) is 11.5 Å². The van der Waals surface area contributed by atoms with Gasteiger partial charge in [0.15, 0.2) is 11.5 Å². The number of unbranched alkanes of at least 4 members (excludes halogenated alkanes) is 1. The highest BCUT2D eigenvalue weighted by Crippen LogP contribution is 2.30. The third-order valence-electron chi connectivity index (χ3n) is 5.59. The molecule has 0 bridgehead atoms. The second-order valence-electron chi connectivity index (χ2n) is 7.57. The molecule has 1 atom stereocenters. The Bertz CT molecular complexity index is 1020. The Morgan fingerprint density at radius 2 is 1.70 bits per heavy atom. The van der Waals surface area contributed by atoms with Crippen LogP contribution in [0.3, 0.4) is 0 Å². The third-order valence-corrected chi connectivity index (χ3v) is 7.43. The summed E-state index contributed by atoms with van der Waals surface area (Å²) in [7, 11) is -2.07. The van der Waals surface area contributed by atoms with E-state index in [0.717, 1.165) is 48.3 Å². The SMILES string of the molecule is COc1ccccc1OC1CCN(CCCCN2C(=O)c3ccccc3S2(=O)=O)C1. The largest absolute Gasteiger partial charge is 0.493 e. The van der Waals surface area contributed by atoms with E-state index in [2.05, 4.69) is 4.90 Å². The van der Waals surface area contributed by atoms with Crippen molar-refractivity contribution in [1.29, 1.82) is 0 Å². The van der Waals surface area contributed by atoms with Crippen LogP contribution in [0, 0.1) is 0 Å². The van der Waals surface area contributed by atoms with E-state index in [1.807, 2.05) is 24.3 Å². The highest BCUT2D eigenvalue weighted by atomic mass is 32.2. The topological polar surface area (TPSA) is 76.2 Å². The van der Waals surface area contributed by atoms with E-state index in [1.54, 1.807) is 25.3 Å². The number of amides is 1. The van der Waals surface area contributed by atoms with Gasteiger partial charge in [-0.1, -0.05) is 24.3 Å². The Hall–Kier alpha value is -2.58. The summed E-state index contributed by atoms with van der Waals surface area (Å²) >= 11 is 0. The molecule has 4 rings (SSSR count). The zero-order chi connectivity index (χ0) is 21.1. The van der Waals surface area contributed by atoms with E-state index in [0.29, 0.717) is 6.42 Å². The fraction of sp³-hybridized carbons (Fsp3) is 0.409. The Morgan fingerprint density at radius 1 is 1.00 bits per heavy atom. The quantitative estimate of drug-likeness (QED) is 0.600. The number of carbonyl (C=O) groups is 1. The first-order chi connectivity index (χ1) is 14.5. The van der Waals surface area contributed by atoms with Gasteiger partial charge in [0.1, 0.15) is 11.0 Å². The molecular formula is C22H26N2O5S. The highest BCUT2D eigenvalue weighted by molar-refractivity contribution is 7.90. The van der Waals surface area contributed by atoms with E-state index in [-0.39, 0.29) is 23.1 Å². The molecule has 160 valence electrons. The molecule has 30 heavy (non-hydrogen) atoms. The second-order valence-corrected chi connectivity index (χ2v) is 9.40. The van der Waals surface area contributed by atoms with E-state index >= 15 is 0 Å². The smallest absolute Gasteiger partial charge is 0.269 e. The van der Waals surface area contributed by atoms with Crippen LogP contribution in [0.1, 0.15) is 29.6 Å². The summed E-state index contributed by atoms with van der Waals surface area (Å²) < 4.78 is 37.6. The Kier molecular flexibility index (Phi) is 5.97. The van der Waals surface area contributed by atoms with Crippen molar-refractivity contribution < 1.29 is 22.7 Å². The molecule has 2 aromatic carbocycles. The number of methoxy groups -OCH3 is 1. The monoisotopic (exact) mass is 430 g/mol. The van der Waals surface area contributed by atoms with Crippen molar-refractivity contribution in [2.75, 3.05) is 33.3 Å². The average Bonchev–Trinajstić information content (AvgIpc) is 3.27. The third kappa shape index (κ3) is 4.02.